The van der Waals surface area contributed by atoms with Crippen molar-refractivity contribution in [3.05, 3.63) is 65.5 Å². The monoisotopic (exact) mass is 481 g/mol. The molecule has 2 aromatic rings. The zero-order chi connectivity index (χ0) is 24.9. The number of carbonyl (C=O) groups excluding carboxylic acids is 3. The highest BCUT2D eigenvalue weighted by atomic mass is 19.1. The van der Waals surface area contributed by atoms with Gasteiger partial charge in [-0.25, -0.2) is 4.39 Å². The van der Waals surface area contributed by atoms with Gasteiger partial charge in [-0.2, -0.15) is 0 Å². The lowest BCUT2D eigenvalue weighted by Gasteiger charge is -2.37. The zero-order valence-corrected chi connectivity index (χ0v) is 20.1. The van der Waals surface area contributed by atoms with Crippen LogP contribution in [0.15, 0.2) is 48.5 Å². The first-order valence-electron chi connectivity index (χ1n) is 11.9. The van der Waals surface area contributed by atoms with Crippen LogP contribution in [0.5, 0.6) is 0 Å². The van der Waals surface area contributed by atoms with Crippen molar-refractivity contribution in [1.82, 2.24) is 20.9 Å². The predicted molar refractivity (Wildman–Crippen MR) is 131 cm³/mol. The minimum Gasteiger partial charge on any atom is -0.378 e. The molecule has 2 aliphatic rings. The first-order chi connectivity index (χ1) is 16.8. The lowest BCUT2D eigenvalue weighted by atomic mass is 10.0. The van der Waals surface area contributed by atoms with Crippen molar-refractivity contribution >= 4 is 23.4 Å². The van der Waals surface area contributed by atoms with E-state index >= 15 is 0 Å². The lowest BCUT2D eigenvalue weighted by Crippen LogP contribution is -2.58. The third-order valence-electron chi connectivity index (χ3n) is 6.71. The van der Waals surface area contributed by atoms with E-state index in [0.717, 1.165) is 11.3 Å². The number of hydrogen-bond donors (Lipinski definition) is 3. The van der Waals surface area contributed by atoms with Crippen molar-refractivity contribution in [3.63, 3.8) is 0 Å². The van der Waals surface area contributed by atoms with E-state index in [-0.39, 0.29) is 41.7 Å². The summed E-state index contributed by atoms with van der Waals surface area (Å²) >= 11 is 0. The van der Waals surface area contributed by atoms with Gasteiger partial charge < -0.3 is 20.9 Å². The van der Waals surface area contributed by atoms with Crippen LogP contribution in [0.3, 0.4) is 0 Å². The van der Waals surface area contributed by atoms with Gasteiger partial charge in [-0.15, -0.1) is 0 Å². The maximum atomic E-state index is 13.0. The SMILES string of the molecule is CN(C)c1ccc(C(=O)N[C@@H]2C[C@H]3C(=O)NC[C@@H](CCC(=O)NCc4ccc(F)cc4)N3C2)cc1. The first-order valence-corrected chi connectivity index (χ1v) is 11.9. The molecule has 0 unspecified atom stereocenters. The lowest BCUT2D eigenvalue weighted by molar-refractivity contribution is -0.129. The Morgan fingerprint density at radius 2 is 1.83 bits per heavy atom. The highest BCUT2D eigenvalue weighted by molar-refractivity contribution is 5.95. The summed E-state index contributed by atoms with van der Waals surface area (Å²) in [5, 5.41) is 8.88. The Labute approximate surface area is 204 Å². The summed E-state index contributed by atoms with van der Waals surface area (Å²) in [4.78, 5) is 41.7. The molecule has 2 heterocycles. The van der Waals surface area contributed by atoms with Crippen molar-refractivity contribution < 1.29 is 18.8 Å². The van der Waals surface area contributed by atoms with Gasteiger partial charge in [-0.05, 0) is 54.8 Å². The van der Waals surface area contributed by atoms with Crippen molar-refractivity contribution in [1.29, 1.82) is 0 Å². The number of amides is 3. The van der Waals surface area contributed by atoms with E-state index in [1.807, 2.05) is 31.1 Å². The molecule has 2 fully saturated rings. The van der Waals surface area contributed by atoms with Crippen LogP contribution in [0.1, 0.15) is 35.2 Å². The number of carbonyl (C=O) groups is 3. The standard InChI is InChI=1S/C26H32FN5O3/c1-31(2)21-9-5-18(6-10-21)25(34)30-20-13-23-26(35)29-15-22(32(23)16-20)11-12-24(33)28-14-17-3-7-19(27)8-4-17/h3-10,20,22-23H,11-16H2,1-2H3,(H,28,33)(H,29,35)(H,30,34)/t20-,22-,23+/m1/s1. The normalized spacial score (nSPS) is 21.7. The maximum Gasteiger partial charge on any atom is 0.251 e. The Kier molecular flexibility index (Phi) is 7.65. The fraction of sp³-hybridized carbons (Fsp3) is 0.423. The van der Waals surface area contributed by atoms with Gasteiger partial charge in [0, 0.05) is 63.5 Å². The molecule has 9 heteroatoms. The summed E-state index contributed by atoms with van der Waals surface area (Å²) in [5.74, 6) is -0.587. The molecule has 3 N–H and O–H groups in total. The number of rotatable bonds is 8. The molecule has 0 radical (unpaired) electrons. The number of hydrogen-bond acceptors (Lipinski definition) is 5. The summed E-state index contributed by atoms with van der Waals surface area (Å²) in [5.41, 5.74) is 2.43. The van der Waals surface area contributed by atoms with Gasteiger partial charge in [0.2, 0.25) is 11.8 Å². The third-order valence-corrected chi connectivity index (χ3v) is 6.71. The molecule has 0 aromatic heterocycles. The smallest absolute Gasteiger partial charge is 0.251 e. The number of nitrogens with zero attached hydrogens (tertiary/aromatic N) is 2. The average Bonchev–Trinajstić information content (AvgIpc) is 3.28. The van der Waals surface area contributed by atoms with Crippen LogP contribution < -0.4 is 20.9 Å². The van der Waals surface area contributed by atoms with Gasteiger partial charge in [0.1, 0.15) is 5.82 Å². The van der Waals surface area contributed by atoms with Crippen LogP contribution in [0.2, 0.25) is 0 Å². The van der Waals surface area contributed by atoms with Gasteiger partial charge in [0.25, 0.3) is 5.91 Å². The number of fused-ring (bicyclic) bond motifs is 1. The number of piperazine rings is 1. The van der Waals surface area contributed by atoms with Crippen molar-refractivity contribution in [2.45, 2.75) is 43.9 Å². The summed E-state index contributed by atoms with van der Waals surface area (Å²) in [6, 6.07) is 13.0. The van der Waals surface area contributed by atoms with Crippen LogP contribution >= 0.6 is 0 Å². The second-order valence-corrected chi connectivity index (χ2v) is 9.40. The van der Waals surface area contributed by atoms with E-state index < -0.39 is 0 Å². The Hall–Kier alpha value is -3.46. The molecule has 2 aromatic carbocycles. The highest BCUT2D eigenvalue weighted by Gasteiger charge is 2.43. The van der Waals surface area contributed by atoms with Gasteiger partial charge in [-0.1, -0.05) is 12.1 Å². The topological polar surface area (TPSA) is 93.8 Å². The predicted octanol–water partition coefficient (Wildman–Crippen LogP) is 1.66. The van der Waals surface area contributed by atoms with E-state index in [2.05, 4.69) is 20.9 Å². The summed E-state index contributed by atoms with van der Waals surface area (Å²) < 4.78 is 13.0. The Morgan fingerprint density at radius 3 is 2.51 bits per heavy atom. The molecule has 35 heavy (non-hydrogen) atoms. The molecule has 0 aliphatic carbocycles. The Bertz CT molecular complexity index is 1060. The van der Waals surface area contributed by atoms with Crippen molar-refractivity contribution in [2.24, 2.45) is 0 Å². The first kappa shape index (κ1) is 24.7. The van der Waals surface area contributed by atoms with E-state index in [0.29, 0.717) is 44.5 Å². The van der Waals surface area contributed by atoms with Crippen LogP contribution in [0, 0.1) is 5.82 Å². The summed E-state index contributed by atoms with van der Waals surface area (Å²) in [6.07, 6.45) is 1.46. The van der Waals surface area contributed by atoms with Crippen LogP contribution in [-0.2, 0) is 16.1 Å². The molecular formula is C26H32FN5O3. The second-order valence-electron chi connectivity index (χ2n) is 9.40. The fourth-order valence-electron chi connectivity index (χ4n) is 4.72. The maximum absolute atomic E-state index is 13.0. The van der Waals surface area contributed by atoms with E-state index in [1.165, 1.54) is 12.1 Å². The molecule has 4 rings (SSSR count). The number of halogens is 1. The molecule has 186 valence electrons. The zero-order valence-electron chi connectivity index (χ0n) is 20.1. The highest BCUT2D eigenvalue weighted by Crippen LogP contribution is 2.26. The van der Waals surface area contributed by atoms with Crippen LogP contribution in [0.4, 0.5) is 10.1 Å². The fourth-order valence-corrected chi connectivity index (χ4v) is 4.72. The minimum atomic E-state index is -0.309. The van der Waals surface area contributed by atoms with Crippen molar-refractivity contribution in [2.75, 3.05) is 32.1 Å². The molecule has 0 bridgehead atoms. The van der Waals surface area contributed by atoms with E-state index in [9.17, 15) is 18.8 Å². The average molecular weight is 482 g/mol. The largest absolute Gasteiger partial charge is 0.378 e. The van der Waals surface area contributed by atoms with Crippen LogP contribution in [0.25, 0.3) is 0 Å². The van der Waals surface area contributed by atoms with E-state index in [1.54, 1.807) is 24.3 Å². The number of anilines is 1. The van der Waals surface area contributed by atoms with Gasteiger partial charge >= 0.3 is 0 Å². The Morgan fingerprint density at radius 1 is 1.11 bits per heavy atom. The quantitative estimate of drug-likeness (QED) is 0.533. The van der Waals surface area contributed by atoms with Crippen LogP contribution in [-0.4, -0.2) is 67.9 Å². The molecule has 2 aliphatic heterocycles. The molecule has 0 spiro atoms. The van der Waals surface area contributed by atoms with Gasteiger partial charge in [0.05, 0.1) is 6.04 Å². The molecule has 3 atom stereocenters. The molecule has 8 nitrogen and oxygen atoms in total. The molecule has 3 amide bonds. The molecular weight excluding hydrogens is 449 g/mol. The van der Waals surface area contributed by atoms with Gasteiger partial charge in [-0.3, -0.25) is 19.3 Å². The molecule has 2 saturated heterocycles. The third kappa shape index (κ3) is 6.16. The van der Waals surface area contributed by atoms with Gasteiger partial charge in [0.15, 0.2) is 0 Å². The Balaban J connectivity index is 1.28. The summed E-state index contributed by atoms with van der Waals surface area (Å²) in [6.45, 7) is 1.39. The molecule has 0 saturated carbocycles. The number of nitrogens with one attached hydrogen (secondary N) is 3. The minimum absolute atomic E-state index is 0.0237. The van der Waals surface area contributed by atoms with E-state index in [4.69, 9.17) is 0 Å². The number of benzene rings is 2. The summed E-state index contributed by atoms with van der Waals surface area (Å²) in [7, 11) is 3.89. The second kappa shape index (κ2) is 10.9. The van der Waals surface area contributed by atoms with Crippen molar-refractivity contribution in [3.8, 4) is 0 Å².